The van der Waals surface area contributed by atoms with Gasteiger partial charge in [-0.15, -0.1) is 11.3 Å². The maximum atomic E-state index is 11.6. The molecule has 2 aromatic rings. The number of hydrogen-bond donors (Lipinski definition) is 0. The lowest BCUT2D eigenvalue weighted by molar-refractivity contribution is 0.0526. The molecular weight excluding hydrogens is 314 g/mol. The minimum Gasteiger partial charge on any atom is -0.462 e. The fourth-order valence-electron chi connectivity index (χ4n) is 1.27. The first-order chi connectivity index (χ1) is 7.63. The Balaban J connectivity index is 2.55. The second kappa shape index (κ2) is 4.69. The third kappa shape index (κ3) is 2.07. The molecule has 2 heterocycles. The van der Waals surface area contributed by atoms with Gasteiger partial charge in [-0.05, 0) is 28.9 Å². The van der Waals surface area contributed by atoms with Gasteiger partial charge in [0.25, 0.3) is 0 Å². The number of pyridine rings is 1. The van der Waals surface area contributed by atoms with Gasteiger partial charge in [0, 0.05) is 6.20 Å². The number of rotatable bonds is 2. The number of ether oxygens (including phenoxy) is 1. The van der Waals surface area contributed by atoms with Crippen molar-refractivity contribution in [3.05, 3.63) is 26.6 Å². The molecule has 0 fully saturated rings. The highest BCUT2D eigenvalue weighted by atomic mass is 79.9. The van der Waals surface area contributed by atoms with Crippen molar-refractivity contribution in [2.45, 2.75) is 6.92 Å². The van der Waals surface area contributed by atoms with Crippen LogP contribution in [0.4, 0.5) is 0 Å². The van der Waals surface area contributed by atoms with Crippen LogP contribution >= 0.6 is 38.9 Å². The van der Waals surface area contributed by atoms with E-state index in [1.165, 1.54) is 17.5 Å². The van der Waals surface area contributed by atoms with Crippen molar-refractivity contribution in [3.63, 3.8) is 0 Å². The molecule has 0 N–H and O–H groups in total. The molecule has 84 valence electrons. The van der Waals surface area contributed by atoms with E-state index in [1.54, 1.807) is 6.92 Å². The molecule has 0 unspecified atom stereocenters. The van der Waals surface area contributed by atoms with Crippen molar-refractivity contribution in [2.24, 2.45) is 0 Å². The molecule has 16 heavy (non-hydrogen) atoms. The number of thiophene rings is 1. The third-order valence-corrected chi connectivity index (χ3v) is 4.10. The maximum absolute atomic E-state index is 11.6. The summed E-state index contributed by atoms with van der Waals surface area (Å²) in [5, 5.41) is 0.402. The highest BCUT2D eigenvalue weighted by molar-refractivity contribution is 9.11. The Morgan fingerprint density at radius 3 is 3.12 bits per heavy atom. The van der Waals surface area contributed by atoms with E-state index in [2.05, 4.69) is 20.9 Å². The first kappa shape index (κ1) is 11.8. The smallest absolute Gasteiger partial charge is 0.341 e. The topological polar surface area (TPSA) is 39.2 Å². The van der Waals surface area contributed by atoms with E-state index in [0.29, 0.717) is 17.2 Å². The zero-order chi connectivity index (χ0) is 11.7. The molecule has 3 nitrogen and oxygen atoms in total. The summed E-state index contributed by atoms with van der Waals surface area (Å²) in [6, 6.07) is 1.86. The standard InChI is InChI=1S/C10H7BrClNO2S/c1-2-15-10(14)5-4-13-6-3-7(11)16-9(6)8(5)12/h3-4H,2H2,1H3. The Labute approximate surface area is 110 Å². The Morgan fingerprint density at radius 1 is 1.69 bits per heavy atom. The van der Waals surface area contributed by atoms with Crippen molar-refractivity contribution < 1.29 is 9.53 Å². The molecule has 0 atom stereocenters. The van der Waals surface area contributed by atoms with E-state index >= 15 is 0 Å². The second-order valence-electron chi connectivity index (χ2n) is 2.97. The van der Waals surface area contributed by atoms with E-state index in [0.717, 1.165) is 14.0 Å². The Bertz CT molecular complexity index is 555. The molecule has 0 bridgehead atoms. The van der Waals surface area contributed by atoms with Crippen LogP contribution in [0, 0.1) is 0 Å². The summed E-state index contributed by atoms with van der Waals surface area (Å²) in [4.78, 5) is 15.7. The number of fused-ring (bicyclic) bond motifs is 1. The van der Waals surface area contributed by atoms with Crippen LogP contribution in [0.5, 0.6) is 0 Å². The molecule has 0 radical (unpaired) electrons. The minimum atomic E-state index is -0.438. The number of carbonyl (C=O) groups is 1. The van der Waals surface area contributed by atoms with Gasteiger partial charge < -0.3 is 4.74 Å². The number of aromatic nitrogens is 1. The first-order valence-corrected chi connectivity index (χ1v) is 6.53. The Morgan fingerprint density at radius 2 is 2.44 bits per heavy atom. The lowest BCUT2D eigenvalue weighted by Crippen LogP contribution is -2.05. The molecule has 2 aromatic heterocycles. The summed E-state index contributed by atoms with van der Waals surface area (Å²) in [5.41, 5.74) is 1.08. The van der Waals surface area contributed by atoms with Crippen LogP contribution in [0.25, 0.3) is 10.2 Å². The van der Waals surface area contributed by atoms with Crippen LogP contribution in [-0.4, -0.2) is 17.6 Å². The predicted octanol–water partition coefficient (Wildman–Crippen LogP) is 3.89. The molecule has 0 amide bonds. The molecule has 0 aliphatic heterocycles. The molecule has 0 saturated carbocycles. The lowest BCUT2D eigenvalue weighted by atomic mass is 10.2. The quantitative estimate of drug-likeness (QED) is 0.788. The van der Waals surface area contributed by atoms with Crippen molar-refractivity contribution in [3.8, 4) is 0 Å². The van der Waals surface area contributed by atoms with Gasteiger partial charge in [-0.3, -0.25) is 4.98 Å². The monoisotopic (exact) mass is 319 g/mol. The van der Waals surface area contributed by atoms with E-state index < -0.39 is 5.97 Å². The first-order valence-electron chi connectivity index (χ1n) is 4.54. The molecular formula is C10H7BrClNO2S. The summed E-state index contributed by atoms with van der Waals surface area (Å²) in [6.07, 6.45) is 1.45. The van der Waals surface area contributed by atoms with Crippen molar-refractivity contribution in [1.82, 2.24) is 4.98 Å². The van der Waals surface area contributed by atoms with Crippen molar-refractivity contribution in [1.29, 1.82) is 0 Å². The molecule has 0 aromatic carbocycles. The maximum Gasteiger partial charge on any atom is 0.341 e. The number of carbonyl (C=O) groups excluding carboxylic acids is 1. The molecule has 0 spiro atoms. The van der Waals surface area contributed by atoms with Crippen molar-refractivity contribution in [2.75, 3.05) is 6.61 Å². The zero-order valence-corrected chi connectivity index (χ0v) is 11.4. The molecule has 0 aliphatic rings. The van der Waals surface area contributed by atoms with E-state index in [-0.39, 0.29) is 0 Å². The lowest BCUT2D eigenvalue weighted by Gasteiger charge is -2.03. The number of hydrogen-bond acceptors (Lipinski definition) is 4. The normalized spacial score (nSPS) is 10.7. The van der Waals surface area contributed by atoms with Crippen LogP contribution in [0.1, 0.15) is 17.3 Å². The highest BCUT2D eigenvalue weighted by Crippen LogP contribution is 2.35. The Hall–Kier alpha value is -0.650. The summed E-state index contributed by atoms with van der Waals surface area (Å²) in [6.45, 7) is 2.07. The van der Waals surface area contributed by atoms with Gasteiger partial charge in [0.2, 0.25) is 0 Å². The summed E-state index contributed by atoms with van der Waals surface area (Å²) >= 11 is 10.9. The van der Waals surface area contributed by atoms with Gasteiger partial charge in [-0.25, -0.2) is 4.79 Å². The average Bonchev–Trinajstić information content (AvgIpc) is 2.60. The molecule has 2 rings (SSSR count). The number of esters is 1. The number of halogens is 2. The minimum absolute atomic E-state index is 0.311. The predicted molar refractivity (Wildman–Crippen MR) is 68.3 cm³/mol. The van der Waals surface area contributed by atoms with Crippen molar-refractivity contribution >= 4 is 55.1 Å². The van der Waals surface area contributed by atoms with Crippen LogP contribution in [-0.2, 0) is 4.74 Å². The van der Waals surface area contributed by atoms with E-state index in [4.69, 9.17) is 16.3 Å². The Kier molecular flexibility index (Phi) is 3.47. The van der Waals surface area contributed by atoms with E-state index in [9.17, 15) is 4.79 Å². The molecule has 6 heteroatoms. The van der Waals surface area contributed by atoms with Crippen LogP contribution in [0.15, 0.2) is 16.0 Å². The van der Waals surface area contributed by atoms with Gasteiger partial charge in [0.05, 0.1) is 31.2 Å². The fourth-order valence-corrected chi connectivity index (χ4v) is 3.09. The fraction of sp³-hybridized carbons (Fsp3) is 0.200. The van der Waals surface area contributed by atoms with Gasteiger partial charge in [0.1, 0.15) is 0 Å². The molecule has 0 aliphatic carbocycles. The SMILES string of the molecule is CCOC(=O)c1cnc2cc(Br)sc2c1Cl. The summed E-state index contributed by atoms with van der Waals surface area (Å²) in [7, 11) is 0. The van der Waals surface area contributed by atoms with Crippen LogP contribution in [0.2, 0.25) is 5.02 Å². The highest BCUT2D eigenvalue weighted by Gasteiger charge is 2.16. The van der Waals surface area contributed by atoms with Crippen LogP contribution < -0.4 is 0 Å². The van der Waals surface area contributed by atoms with Gasteiger partial charge in [-0.1, -0.05) is 11.6 Å². The van der Waals surface area contributed by atoms with Gasteiger partial charge >= 0.3 is 5.97 Å². The van der Waals surface area contributed by atoms with Gasteiger partial charge in [0.15, 0.2) is 0 Å². The molecule has 0 saturated heterocycles. The third-order valence-electron chi connectivity index (χ3n) is 1.95. The zero-order valence-electron chi connectivity index (χ0n) is 8.29. The number of nitrogens with zero attached hydrogens (tertiary/aromatic N) is 1. The van der Waals surface area contributed by atoms with Crippen LogP contribution in [0.3, 0.4) is 0 Å². The van der Waals surface area contributed by atoms with Gasteiger partial charge in [-0.2, -0.15) is 0 Å². The average molecular weight is 321 g/mol. The summed E-state index contributed by atoms with van der Waals surface area (Å²) < 4.78 is 6.61. The second-order valence-corrected chi connectivity index (χ2v) is 5.78. The largest absolute Gasteiger partial charge is 0.462 e. The summed E-state index contributed by atoms with van der Waals surface area (Å²) in [5.74, 6) is -0.438. The van der Waals surface area contributed by atoms with E-state index in [1.807, 2.05) is 6.07 Å².